The Hall–Kier alpha value is -1.88. The van der Waals surface area contributed by atoms with Crippen molar-refractivity contribution < 1.29 is 0 Å². The molecule has 0 atom stereocenters. The van der Waals surface area contributed by atoms with Crippen LogP contribution in [0.3, 0.4) is 0 Å². The van der Waals surface area contributed by atoms with E-state index in [4.69, 9.17) is 9.97 Å². The van der Waals surface area contributed by atoms with E-state index in [1.54, 1.807) is 11.1 Å². The molecule has 0 saturated heterocycles. The number of rotatable bonds is 74. The van der Waals surface area contributed by atoms with Crippen LogP contribution in [0.5, 0.6) is 0 Å². The van der Waals surface area contributed by atoms with Crippen molar-refractivity contribution in [2.75, 3.05) is 0 Å². The number of thiophene rings is 7. The van der Waals surface area contributed by atoms with Crippen LogP contribution in [0.15, 0.2) is 68.2 Å². The van der Waals surface area contributed by atoms with Crippen LogP contribution in [-0.2, 0) is 38.5 Å². The van der Waals surface area contributed by atoms with Crippen LogP contribution < -0.4 is 0 Å². The van der Waals surface area contributed by atoms with Gasteiger partial charge >= 0.3 is 0 Å². The van der Waals surface area contributed by atoms with Gasteiger partial charge in [0.15, 0.2) is 0 Å². The number of aryl methyl sites for hydroxylation is 6. The van der Waals surface area contributed by atoms with Gasteiger partial charge in [-0.05, 0) is 192 Å². The van der Waals surface area contributed by atoms with Crippen LogP contribution in [0.1, 0.15) is 460 Å². The maximum atomic E-state index is 5.94. The second-order valence-electron chi connectivity index (χ2n) is 35.4. The average molecular weight is 1910 g/mol. The molecule has 0 aromatic carbocycles. The molecule has 0 saturated carbocycles. The molecule has 13 heteroatoms. The van der Waals surface area contributed by atoms with Crippen molar-refractivity contribution >= 4 is 134 Å². The number of unbranched alkanes of at least 4 members (excludes halogenated alkanes) is 54. The Morgan fingerprint density at radius 1 is 0.185 bits per heavy atom. The number of thiazole rings is 2. The summed E-state index contributed by atoms with van der Waals surface area (Å²) in [6, 6.07) is 24.9. The van der Waals surface area contributed by atoms with Crippen molar-refractivity contribution in [3.8, 4) is 78.3 Å². The van der Waals surface area contributed by atoms with Gasteiger partial charge in [-0.25, -0.2) is 9.97 Å². The Balaban J connectivity index is 1.02. The molecule has 0 unspecified atom stereocenters. The van der Waals surface area contributed by atoms with Crippen molar-refractivity contribution in [2.24, 2.45) is 0 Å². The van der Waals surface area contributed by atoms with Crippen LogP contribution in [0.25, 0.3) is 78.3 Å². The van der Waals surface area contributed by atoms with Crippen LogP contribution in [0.2, 0.25) is 0 Å². The summed E-state index contributed by atoms with van der Waals surface area (Å²) in [5.41, 5.74) is 8.85. The summed E-state index contributed by atoms with van der Waals surface area (Å²) in [6.07, 6.45) is 88.4. The summed E-state index contributed by atoms with van der Waals surface area (Å²) in [4.78, 5) is 31.9. The number of hydrogen-bond donors (Lipinski definition) is 0. The highest BCUT2D eigenvalue weighted by Gasteiger charge is 2.27. The molecule has 0 spiro atoms. The minimum absolute atomic E-state index is 1.05. The summed E-state index contributed by atoms with van der Waals surface area (Å²) < 4.78 is 2.49. The number of nitrogens with zero attached hydrogens (tertiary/aromatic N) is 2. The molecule has 0 amide bonds. The highest BCUT2D eigenvalue weighted by atomic mass is 79.9. The maximum absolute atomic E-state index is 5.94. The molecule has 0 fully saturated rings. The van der Waals surface area contributed by atoms with Gasteiger partial charge in [-0.3, -0.25) is 0 Å². The Morgan fingerprint density at radius 3 is 0.723 bits per heavy atom. The smallest absolute Gasteiger partial charge is 0.134 e. The molecule has 0 aliphatic carbocycles. The lowest BCUT2D eigenvalue weighted by Gasteiger charge is -2.04. The van der Waals surface area contributed by atoms with Crippen molar-refractivity contribution in [3.63, 3.8) is 0 Å². The molecule has 119 heavy (non-hydrogen) atoms. The van der Waals surface area contributed by atoms with Gasteiger partial charge in [0.25, 0.3) is 0 Å². The van der Waals surface area contributed by atoms with E-state index in [0.717, 1.165) is 32.1 Å². The van der Waals surface area contributed by atoms with E-state index in [1.807, 2.05) is 68.0 Å². The largest absolute Gasteiger partial charge is 0.240 e. The molecule has 9 aromatic rings. The first-order valence-electron chi connectivity index (χ1n) is 49.9. The van der Waals surface area contributed by atoms with Gasteiger partial charge in [0.1, 0.15) is 10.0 Å². The summed E-state index contributed by atoms with van der Waals surface area (Å²) in [7, 11) is 0. The lowest BCUT2D eigenvalue weighted by atomic mass is 10.0. The first-order valence-corrected chi connectivity index (χ1v) is 58.8. The molecule has 9 heterocycles. The topological polar surface area (TPSA) is 25.8 Å². The Labute approximate surface area is 781 Å². The van der Waals surface area contributed by atoms with E-state index in [2.05, 4.69) is 168 Å². The highest BCUT2D eigenvalue weighted by molar-refractivity contribution is 9.11. The first-order chi connectivity index (χ1) is 58.7. The molecule has 662 valence electrons. The fraction of sp³-hybridized carbons (Fsp3) is 0.679. The summed E-state index contributed by atoms with van der Waals surface area (Å²) in [5.74, 6) is 0. The number of hydrogen-bond acceptors (Lipinski definition) is 11. The van der Waals surface area contributed by atoms with Gasteiger partial charge in [0.2, 0.25) is 0 Å². The Bertz CT molecular complexity index is 4040. The Kier molecular flexibility index (Phi) is 52.8. The predicted octanol–water partition coefficient (Wildman–Crippen LogP) is 42.7. The average Bonchev–Trinajstić information content (AvgIpc) is 1.62. The molecule has 9 aromatic heterocycles. The zero-order valence-electron chi connectivity index (χ0n) is 75.8. The second kappa shape index (κ2) is 62.3. The van der Waals surface area contributed by atoms with Gasteiger partial charge in [-0.15, -0.1) is 102 Å². The highest BCUT2D eigenvalue weighted by Crippen LogP contribution is 2.53. The first kappa shape index (κ1) is 101. The molecule has 0 aliphatic rings. The minimum Gasteiger partial charge on any atom is -0.240 e. The van der Waals surface area contributed by atoms with Gasteiger partial charge < -0.3 is 0 Å². The molecular weight excluding hydrogens is 1750 g/mol. The number of halogens is 2. The summed E-state index contributed by atoms with van der Waals surface area (Å²) in [6.45, 7) is 14.0. The minimum atomic E-state index is 1.05. The van der Waals surface area contributed by atoms with Gasteiger partial charge in [0.05, 0.1) is 38.5 Å². The monoisotopic (exact) mass is 1910 g/mol. The van der Waals surface area contributed by atoms with E-state index in [1.165, 1.54) is 500 Å². The molecule has 2 nitrogen and oxygen atoms in total. The fourth-order valence-electron chi connectivity index (χ4n) is 17.6. The molecule has 9 rings (SSSR count). The third-order valence-corrected chi connectivity index (χ3v) is 37.5. The van der Waals surface area contributed by atoms with Crippen molar-refractivity contribution in [1.82, 2.24) is 9.97 Å². The van der Waals surface area contributed by atoms with E-state index in [0.29, 0.717) is 0 Å². The maximum Gasteiger partial charge on any atom is 0.134 e. The van der Waals surface area contributed by atoms with Crippen molar-refractivity contribution in [3.05, 3.63) is 102 Å². The quantitative estimate of drug-likeness (QED) is 0.0355. The lowest BCUT2D eigenvalue weighted by Crippen LogP contribution is -1.90. The van der Waals surface area contributed by atoms with Crippen LogP contribution >= 0.6 is 134 Å². The third kappa shape index (κ3) is 37.4. The van der Waals surface area contributed by atoms with Crippen LogP contribution in [0.4, 0.5) is 0 Å². The van der Waals surface area contributed by atoms with E-state index >= 15 is 0 Å². The molecule has 0 bridgehead atoms. The standard InChI is InChI=1S/C106H160Br2N2S9/c1-7-13-19-25-31-37-43-49-55-61-67-83-79-94(91-77-78-97(107)113-91)114-99(83)95-80-84(68-62-56-50-44-38-32-26-20-14-8-2)101(115-95)105-109-87(71-65-59-53-47-41-35-29-23-17-11-5)103(118-105)92-75-73-89(111-92)90-74-76-93(112-90)104-88(72-66-60-54-48-42-36-30-24-18-12-6)110-106(119-104)102-85(69-63-57-51-45-39-33-27-21-15-9-3)81-96(116-102)100-86(82-98(108)117-100)70-64-58-52-46-40-34-28-22-16-10-4/h73-82H,7-72H2,1-6H3. The molecule has 0 N–H and O–H groups in total. The Morgan fingerprint density at radius 2 is 0.420 bits per heavy atom. The van der Waals surface area contributed by atoms with Crippen LogP contribution in [-0.4, -0.2) is 9.97 Å². The van der Waals surface area contributed by atoms with Crippen LogP contribution in [0, 0.1) is 0 Å². The van der Waals surface area contributed by atoms with Gasteiger partial charge in [-0.1, -0.05) is 388 Å². The van der Waals surface area contributed by atoms with Crippen molar-refractivity contribution in [1.29, 1.82) is 0 Å². The van der Waals surface area contributed by atoms with Gasteiger partial charge in [0, 0.05) is 48.8 Å². The van der Waals surface area contributed by atoms with E-state index in [9.17, 15) is 0 Å². The summed E-state index contributed by atoms with van der Waals surface area (Å²) in [5, 5.41) is 2.52. The predicted molar refractivity (Wildman–Crippen MR) is 555 cm³/mol. The zero-order chi connectivity index (χ0) is 83.4. The third-order valence-electron chi connectivity index (χ3n) is 24.9. The SMILES string of the molecule is CCCCCCCCCCCCc1cc(Br)sc1-c1cc(CCCCCCCCCCCC)c(-c2nc(CCCCCCCCCCCC)c(-c3ccc(-c4ccc(-c5sc(-c6sc(-c7sc(-c8ccc(Br)s8)cc7CCCCCCCCCCCC)cc6CCCCCCCCCCCC)nc5CCCCCCCCCCCC)s4)s3)s2)s1. The molecular formula is C106H160Br2N2S9. The lowest BCUT2D eigenvalue weighted by molar-refractivity contribution is 0.555. The number of aromatic nitrogens is 2. The van der Waals surface area contributed by atoms with E-state index in [-0.39, 0.29) is 0 Å². The summed E-state index contributed by atoms with van der Waals surface area (Å²) >= 11 is 26.0. The van der Waals surface area contributed by atoms with E-state index < -0.39 is 0 Å². The second-order valence-corrected chi connectivity index (χ2v) is 47.6. The van der Waals surface area contributed by atoms with Gasteiger partial charge in [-0.2, -0.15) is 0 Å². The normalized spacial score (nSPS) is 11.9. The molecule has 0 aliphatic heterocycles. The fourth-order valence-corrected chi connectivity index (χ4v) is 29.5. The molecule has 0 radical (unpaired) electrons. The van der Waals surface area contributed by atoms with Crippen molar-refractivity contribution in [2.45, 2.75) is 465 Å². The zero-order valence-corrected chi connectivity index (χ0v) is 86.3.